The Labute approximate surface area is 170 Å². The number of halogens is 1. The monoisotopic (exact) mass is 472 g/mol. The summed E-state index contributed by atoms with van der Waals surface area (Å²) in [4.78, 5) is 19.0. The average molecular weight is 472 g/mol. The summed E-state index contributed by atoms with van der Waals surface area (Å²) in [5, 5.41) is 8.26. The predicted molar refractivity (Wildman–Crippen MR) is 117 cm³/mol. The number of anilines is 1. The lowest BCUT2D eigenvalue weighted by atomic mass is 10.2. The number of benzene rings is 1. The highest BCUT2D eigenvalue weighted by Gasteiger charge is 2.07. The van der Waals surface area contributed by atoms with Gasteiger partial charge in [-0.15, -0.1) is 35.3 Å². The van der Waals surface area contributed by atoms with E-state index in [9.17, 15) is 4.79 Å². The summed E-state index contributed by atoms with van der Waals surface area (Å²) >= 11 is 1.78. The molecule has 2 N–H and O–H groups in total. The molecule has 0 aliphatic rings. The van der Waals surface area contributed by atoms with Crippen LogP contribution >= 0.6 is 35.3 Å². The number of carbonyl (C=O) groups excluding carboxylic acids is 1. The third-order valence-corrected chi connectivity index (χ3v) is 4.48. The van der Waals surface area contributed by atoms with E-state index in [0.717, 1.165) is 30.2 Å². The molecule has 0 aliphatic heterocycles. The lowest BCUT2D eigenvalue weighted by Crippen LogP contribution is -2.39. The van der Waals surface area contributed by atoms with Gasteiger partial charge in [-0.25, -0.2) is 0 Å². The molecule has 2 aromatic rings. The van der Waals surface area contributed by atoms with Crippen LogP contribution in [0, 0.1) is 0 Å². The Balaban J connectivity index is 0.00000312. The van der Waals surface area contributed by atoms with Crippen molar-refractivity contribution in [2.24, 2.45) is 4.99 Å². The van der Waals surface area contributed by atoms with Crippen molar-refractivity contribution < 1.29 is 4.79 Å². The highest BCUT2D eigenvalue weighted by atomic mass is 127. The fourth-order valence-electron chi connectivity index (χ4n) is 2.37. The summed E-state index contributed by atoms with van der Waals surface area (Å²) in [6.07, 6.45) is 1.01. The number of thiophene rings is 1. The molecule has 2 rings (SSSR count). The lowest BCUT2D eigenvalue weighted by molar-refractivity contribution is -0.114. The van der Waals surface area contributed by atoms with Crippen molar-refractivity contribution in [1.82, 2.24) is 10.2 Å². The topological polar surface area (TPSA) is 56.7 Å². The smallest absolute Gasteiger partial charge is 0.221 e. The first-order chi connectivity index (χ1) is 11.6. The number of carbonyl (C=O) groups is 1. The second-order valence-corrected chi connectivity index (χ2v) is 6.57. The van der Waals surface area contributed by atoms with Crippen molar-refractivity contribution >= 4 is 52.9 Å². The van der Waals surface area contributed by atoms with Gasteiger partial charge < -0.3 is 15.5 Å². The standard InChI is InChI=1S/C18H24N4OS.HI/c1-14(23)21-16-7-4-6-15(12-16)13-20-18(19-2)22(3)10-9-17-8-5-11-24-17;/h4-8,11-12H,9-10,13H2,1-3H3,(H,19,20)(H,21,23);1H. The van der Waals surface area contributed by atoms with Crippen molar-refractivity contribution in [3.8, 4) is 0 Å². The molecular weight excluding hydrogens is 447 g/mol. The number of guanidine groups is 1. The molecule has 7 heteroatoms. The molecule has 5 nitrogen and oxygen atoms in total. The predicted octanol–water partition coefficient (Wildman–Crippen LogP) is 3.57. The van der Waals surface area contributed by atoms with Gasteiger partial charge in [0, 0.05) is 44.7 Å². The molecule has 0 bridgehead atoms. The van der Waals surface area contributed by atoms with E-state index < -0.39 is 0 Å². The number of rotatable bonds is 6. The summed E-state index contributed by atoms with van der Waals surface area (Å²) in [6.45, 7) is 3.07. The highest BCUT2D eigenvalue weighted by Crippen LogP contribution is 2.11. The van der Waals surface area contributed by atoms with Crippen molar-refractivity contribution in [3.05, 3.63) is 52.2 Å². The number of nitrogens with zero attached hydrogens (tertiary/aromatic N) is 2. The number of hydrogen-bond acceptors (Lipinski definition) is 3. The zero-order chi connectivity index (χ0) is 17.4. The normalized spacial score (nSPS) is 10.8. The molecule has 1 aromatic heterocycles. The Kier molecular flexibility index (Phi) is 9.51. The number of likely N-dealkylation sites (N-methyl/N-ethyl adjacent to an activating group) is 1. The average Bonchev–Trinajstić information content (AvgIpc) is 3.06. The SMILES string of the molecule is CN=C(NCc1cccc(NC(C)=O)c1)N(C)CCc1cccs1.I. The second kappa shape index (κ2) is 11.1. The van der Waals surface area contributed by atoms with E-state index >= 15 is 0 Å². The van der Waals surface area contributed by atoms with Gasteiger partial charge in [0.25, 0.3) is 0 Å². The van der Waals surface area contributed by atoms with Crippen molar-refractivity contribution in [2.75, 3.05) is 26.0 Å². The summed E-state index contributed by atoms with van der Waals surface area (Å²) < 4.78 is 0. The molecule has 136 valence electrons. The first-order valence-corrected chi connectivity index (χ1v) is 8.77. The molecule has 0 unspecified atom stereocenters. The maximum atomic E-state index is 11.1. The number of amides is 1. The molecule has 0 saturated carbocycles. The van der Waals surface area contributed by atoms with E-state index in [2.05, 4.69) is 38.0 Å². The quantitative estimate of drug-likeness (QED) is 0.384. The van der Waals surface area contributed by atoms with Crippen LogP contribution < -0.4 is 10.6 Å². The molecule has 0 radical (unpaired) electrons. The minimum absolute atomic E-state index is 0. The highest BCUT2D eigenvalue weighted by molar-refractivity contribution is 14.0. The Morgan fingerprint density at radius 2 is 2.08 bits per heavy atom. The van der Waals surface area contributed by atoms with Gasteiger partial charge in [0.2, 0.25) is 5.91 Å². The Morgan fingerprint density at radius 3 is 2.72 bits per heavy atom. The summed E-state index contributed by atoms with van der Waals surface area (Å²) in [7, 11) is 3.83. The Bertz CT molecular complexity index is 688. The fraction of sp³-hybridized carbons (Fsp3) is 0.333. The lowest BCUT2D eigenvalue weighted by Gasteiger charge is -2.22. The summed E-state index contributed by atoms with van der Waals surface area (Å²) in [6, 6.07) is 12.0. The van der Waals surface area contributed by atoms with Gasteiger partial charge in [-0.1, -0.05) is 18.2 Å². The van der Waals surface area contributed by atoms with Crippen LogP contribution in [-0.4, -0.2) is 37.4 Å². The van der Waals surface area contributed by atoms with Gasteiger partial charge in [0.05, 0.1) is 0 Å². The van der Waals surface area contributed by atoms with Gasteiger partial charge in [0.15, 0.2) is 5.96 Å². The largest absolute Gasteiger partial charge is 0.352 e. The molecule has 0 saturated heterocycles. The van der Waals surface area contributed by atoms with Gasteiger partial charge in [-0.3, -0.25) is 9.79 Å². The van der Waals surface area contributed by atoms with Crippen LogP contribution in [-0.2, 0) is 17.8 Å². The molecule has 0 atom stereocenters. The van der Waals surface area contributed by atoms with E-state index in [0.29, 0.717) is 6.54 Å². The maximum absolute atomic E-state index is 11.1. The van der Waals surface area contributed by atoms with Gasteiger partial charge >= 0.3 is 0 Å². The third-order valence-electron chi connectivity index (χ3n) is 3.55. The minimum Gasteiger partial charge on any atom is -0.352 e. The number of hydrogen-bond donors (Lipinski definition) is 2. The van der Waals surface area contributed by atoms with Crippen molar-refractivity contribution in [3.63, 3.8) is 0 Å². The van der Waals surface area contributed by atoms with Crippen LogP contribution in [0.4, 0.5) is 5.69 Å². The molecule has 0 spiro atoms. The molecular formula is C18H25IN4OS. The maximum Gasteiger partial charge on any atom is 0.221 e. The zero-order valence-corrected chi connectivity index (χ0v) is 17.9. The van der Waals surface area contributed by atoms with Gasteiger partial charge in [-0.2, -0.15) is 0 Å². The number of aliphatic imine (C=N–C) groups is 1. The summed E-state index contributed by atoms with van der Waals surface area (Å²) in [5.41, 5.74) is 1.90. The van der Waals surface area contributed by atoms with E-state index in [-0.39, 0.29) is 29.9 Å². The van der Waals surface area contributed by atoms with Gasteiger partial charge in [0.1, 0.15) is 0 Å². The van der Waals surface area contributed by atoms with Crippen LogP contribution in [0.3, 0.4) is 0 Å². The molecule has 1 heterocycles. The van der Waals surface area contributed by atoms with Crippen molar-refractivity contribution in [1.29, 1.82) is 0 Å². The summed E-state index contributed by atoms with van der Waals surface area (Å²) in [5.74, 6) is 0.792. The molecule has 1 aromatic carbocycles. The van der Waals surface area contributed by atoms with Crippen LogP contribution in [0.25, 0.3) is 0 Å². The molecule has 25 heavy (non-hydrogen) atoms. The van der Waals surface area contributed by atoms with Crippen molar-refractivity contribution in [2.45, 2.75) is 19.9 Å². The van der Waals surface area contributed by atoms with E-state index in [4.69, 9.17) is 0 Å². The Hall–Kier alpha value is -1.61. The number of nitrogens with one attached hydrogen (secondary N) is 2. The van der Waals surface area contributed by atoms with Crippen LogP contribution in [0.2, 0.25) is 0 Å². The first kappa shape index (κ1) is 21.4. The molecule has 1 amide bonds. The fourth-order valence-corrected chi connectivity index (χ4v) is 3.06. The second-order valence-electron chi connectivity index (χ2n) is 5.53. The van der Waals surface area contributed by atoms with E-state index in [1.165, 1.54) is 11.8 Å². The third kappa shape index (κ3) is 7.43. The van der Waals surface area contributed by atoms with E-state index in [1.807, 2.05) is 31.3 Å². The van der Waals surface area contributed by atoms with Crippen LogP contribution in [0.15, 0.2) is 46.8 Å². The molecule has 0 aliphatic carbocycles. The minimum atomic E-state index is -0.0655. The molecule has 0 fully saturated rings. The van der Waals surface area contributed by atoms with Gasteiger partial charge in [-0.05, 0) is 35.6 Å². The van der Waals surface area contributed by atoms with Crippen LogP contribution in [0.5, 0.6) is 0 Å². The Morgan fingerprint density at radius 1 is 1.28 bits per heavy atom. The first-order valence-electron chi connectivity index (χ1n) is 7.89. The zero-order valence-electron chi connectivity index (χ0n) is 14.8. The van der Waals surface area contributed by atoms with E-state index in [1.54, 1.807) is 18.4 Å². The van der Waals surface area contributed by atoms with Crippen LogP contribution in [0.1, 0.15) is 17.4 Å².